The Labute approximate surface area is 214 Å². The van der Waals surface area contributed by atoms with Gasteiger partial charge in [-0.25, -0.2) is 18.7 Å². The monoisotopic (exact) mass is 571 g/mol. The number of benzene rings is 1. The van der Waals surface area contributed by atoms with E-state index in [1.165, 1.54) is 0 Å². The zero-order valence-corrected chi connectivity index (χ0v) is 23.3. The normalized spacial score (nSPS) is 14.2. The lowest BCUT2D eigenvalue weighted by Gasteiger charge is -2.24. The average molecular weight is 573 g/mol. The number of rotatable bonds is 5. The Balaban J connectivity index is 2.05. The van der Waals surface area contributed by atoms with Crippen molar-refractivity contribution in [2.75, 3.05) is 5.32 Å². The number of halogens is 2. The molecule has 178 valence electrons. The van der Waals surface area contributed by atoms with Crippen LogP contribution in [0.5, 0.6) is 0 Å². The van der Waals surface area contributed by atoms with Crippen LogP contribution in [0.25, 0.3) is 10.1 Å². The highest BCUT2D eigenvalue weighted by molar-refractivity contribution is 9.10. The van der Waals surface area contributed by atoms with Crippen molar-refractivity contribution >= 4 is 71.9 Å². The quantitative estimate of drug-likeness (QED) is 0.339. The first-order valence-electron chi connectivity index (χ1n) is 10.3. The number of hydrogen-bond acceptors (Lipinski definition) is 5. The molecular formula is C23H27BrClN3O3S2. The van der Waals surface area contributed by atoms with Gasteiger partial charge in [0.15, 0.2) is 0 Å². The smallest absolute Gasteiger partial charge is 0.413 e. The number of thiophene rings is 1. The summed E-state index contributed by atoms with van der Waals surface area (Å²) in [5.74, 6) is 0.291. The zero-order chi connectivity index (χ0) is 24.6. The van der Waals surface area contributed by atoms with Crippen LogP contribution in [-0.2, 0) is 15.7 Å². The molecule has 2 heterocycles. The molecule has 0 bridgehead atoms. The molecule has 2 N–H and O–H groups in total. The molecular weight excluding hydrogens is 546 g/mol. The van der Waals surface area contributed by atoms with Gasteiger partial charge >= 0.3 is 6.09 Å². The van der Waals surface area contributed by atoms with E-state index in [4.69, 9.17) is 16.3 Å². The lowest BCUT2D eigenvalue weighted by molar-refractivity contribution is 0.0635. The Kier molecular flexibility index (Phi) is 7.90. The van der Waals surface area contributed by atoms with E-state index in [1.54, 1.807) is 44.2 Å². The van der Waals surface area contributed by atoms with Gasteiger partial charge in [0, 0.05) is 14.0 Å². The molecule has 10 heteroatoms. The van der Waals surface area contributed by atoms with Crippen molar-refractivity contribution in [1.29, 1.82) is 0 Å². The van der Waals surface area contributed by atoms with Gasteiger partial charge in [0.05, 0.1) is 32.5 Å². The second-order valence-corrected chi connectivity index (χ2v) is 13.8. The van der Waals surface area contributed by atoms with Crippen LogP contribution < -0.4 is 10.0 Å². The number of pyridine rings is 1. The Morgan fingerprint density at radius 2 is 1.88 bits per heavy atom. The molecule has 1 amide bonds. The lowest BCUT2D eigenvalue weighted by atomic mass is 10.1. The summed E-state index contributed by atoms with van der Waals surface area (Å²) in [7, 11) is -1.40. The van der Waals surface area contributed by atoms with Crippen LogP contribution in [0.3, 0.4) is 0 Å². The number of nitrogens with one attached hydrogen (secondary N) is 2. The van der Waals surface area contributed by atoms with Crippen LogP contribution in [0.4, 0.5) is 10.6 Å². The predicted molar refractivity (Wildman–Crippen MR) is 142 cm³/mol. The van der Waals surface area contributed by atoms with Gasteiger partial charge < -0.3 is 4.74 Å². The number of anilines is 1. The summed E-state index contributed by atoms with van der Waals surface area (Å²) >= 11 is 11.7. The molecule has 0 saturated carbocycles. The summed E-state index contributed by atoms with van der Waals surface area (Å²) < 4.78 is 23.1. The number of carbonyl (C=O) groups is 1. The first-order valence-corrected chi connectivity index (χ1v) is 13.4. The van der Waals surface area contributed by atoms with Crippen LogP contribution in [0.15, 0.2) is 40.9 Å². The molecule has 33 heavy (non-hydrogen) atoms. The SMILES string of the molecule is CC(C)(C)OC(=O)Nc1ccc(Cl)c(C(N[S@@](=O)C(C)(C)C)c2cc3cccc(Br)c3s2)n1. The highest BCUT2D eigenvalue weighted by atomic mass is 79.9. The van der Waals surface area contributed by atoms with E-state index in [0.717, 1.165) is 19.4 Å². The molecule has 0 fully saturated rings. The minimum absolute atomic E-state index is 0.291. The van der Waals surface area contributed by atoms with E-state index >= 15 is 0 Å². The van der Waals surface area contributed by atoms with Gasteiger partial charge in [-0.3, -0.25) is 5.32 Å². The second-order valence-electron chi connectivity index (χ2n) is 9.43. The van der Waals surface area contributed by atoms with Gasteiger partial charge in [-0.1, -0.05) is 23.7 Å². The highest BCUT2D eigenvalue weighted by Crippen LogP contribution is 2.39. The maximum absolute atomic E-state index is 13.1. The second kappa shape index (κ2) is 10.00. The Bertz CT molecular complexity index is 1200. The zero-order valence-electron chi connectivity index (χ0n) is 19.3. The van der Waals surface area contributed by atoms with Crippen molar-refractivity contribution in [3.05, 3.63) is 56.5 Å². The standard InChI is InChI=1S/C23H27BrClN3O3S2/c1-22(2,3)31-21(29)27-17-11-10-15(25)18(26-17)19(28-33(30)23(4,5)6)16-12-13-8-7-9-14(24)20(13)32-16/h7-12,19,28H,1-6H3,(H,26,27,29)/t19?,33-/m0/s1. The Morgan fingerprint density at radius 1 is 1.18 bits per heavy atom. The molecule has 0 saturated heterocycles. The molecule has 6 nitrogen and oxygen atoms in total. The average Bonchev–Trinajstić information content (AvgIpc) is 3.11. The summed E-state index contributed by atoms with van der Waals surface area (Å²) in [6.07, 6.45) is -0.614. The van der Waals surface area contributed by atoms with Gasteiger partial charge in [-0.15, -0.1) is 11.3 Å². The van der Waals surface area contributed by atoms with E-state index in [2.05, 4.69) is 31.0 Å². The molecule has 2 atom stereocenters. The topological polar surface area (TPSA) is 80.3 Å². The molecule has 1 aromatic carbocycles. The molecule has 0 spiro atoms. The van der Waals surface area contributed by atoms with Crippen molar-refractivity contribution in [3.63, 3.8) is 0 Å². The van der Waals surface area contributed by atoms with Crippen LogP contribution in [-0.4, -0.2) is 25.6 Å². The van der Waals surface area contributed by atoms with Gasteiger partial charge in [0.2, 0.25) is 0 Å². The van der Waals surface area contributed by atoms with Gasteiger partial charge in [0.1, 0.15) is 11.4 Å². The minimum Gasteiger partial charge on any atom is -0.444 e. The number of ether oxygens (including phenoxy) is 1. The molecule has 1 unspecified atom stereocenters. The van der Waals surface area contributed by atoms with Crippen molar-refractivity contribution in [2.24, 2.45) is 0 Å². The van der Waals surface area contributed by atoms with Gasteiger partial charge in [-0.05, 0) is 87.1 Å². The van der Waals surface area contributed by atoms with E-state index < -0.39 is 33.5 Å². The number of amides is 1. The first kappa shape index (κ1) is 26.1. The summed E-state index contributed by atoms with van der Waals surface area (Å²) in [5, 5.41) is 4.10. The maximum atomic E-state index is 13.1. The van der Waals surface area contributed by atoms with Crippen molar-refractivity contribution < 1.29 is 13.7 Å². The molecule has 0 aliphatic heterocycles. The summed E-state index contributed by atoms with van der Waals surface area (Å²) in [6.45, 7) is 11.0. The largest absolute Gasteiger partial charge is 0.444 e. The molecule has 0 aliphatic rings. The Morgan fingerprint density at radius 3 is 2.48 bits per heavy atom. The third-order valence-corrected chi connectivity index (χ3v) is 8.41. The summed E-state index contributed by atoms with van der Waals surface area (Å²) in [5.41, 5.74) is -0.178. The van der Waals surface area contributed by atoms with Gasteiger partial charge in [-0.2, -0.15) is 0 Å². The van der Waals surface area contributed by atoms with E-state index in [9.17, 15) is 9.00 Å². The third-order valence-electron chi connectivity index (χ3n) is 4.36. The molecule has 0 radical (unpaired) electrons. The molecule has 3 rings (SSSR count). The van der Waals surface area contributed by atoms with Crippen LogP contribution in [0.1, 0.15) is 58.2 Å². The predicted octanol–water partition coefficient (Wildman–Crippen LogP) is 7.20. The van der Waals surface area contributed by atoms with E-state index in [1.807, 2.05) is 45.0 Å². The molecule has 3 aromatic rings. The first-order chi connectivity index (χ1) is 15.2. The van der Waals surface area contributed by atoms with Gasteiger partial charge in [0.25, 0.3) is 0 Å². The maximum Gasteiger partial charge on any atom is 0.413 e. The minimum atomic E-state index is -1.40. The number of carbonyl (C=O) groups excluding carboxylic acids is 1. The highest BCUT2D eigenvalue weighted by Gasteiger charge is 2.29. The van der Waals surface area contributed by atoms with Crippen LogP contribution in [0.2, 0.25) is 5.02 Å². The number of aromatic nitrogens is 1. The van der Waals surface area contributed by atoms with Crippen LogP contribution in [0, 0.1) is 0 Å². The van der Waals surface area contributed by atoms with Crippen molar-refractivity contribution in [1.82, 2.24) is 9.71 Å². The Hall–Kier alpha value is -1.52. The summed E-state index contributed by atoms with van der Waals surface area (Å²) in [6, 6.07) is 10.7. The summed E-state index contributed by atoms with van der Waals surface area (Å²) in [4.78, 5) is 17.8. The fourth-order valence-corrected chi connectivity index (χ4v) is 5.70. The fraction of sp³-hybridized carbons (Fsp3) is 0.391. The van der Waals surface area contributed by atoms with Crippen molar-refractivity contribution in [3.8, 4) is 0 Å². The lowest BCUT2D eigenvalue weighted by Crippen LogP contribution is -2.36. The van der Waals surface area contributed by atoms with E-state index in [-0.39, 0.29) is 0 Å². The number of nitrogens with zero attached hydrogens (tertiary/aromatic N) is 1. The van der Waals surface area contributed by atoms with E-state index in [0.29, 0.717) is 16.5 Å². The number of hydrogen-bond donors (Lipinski definition) is 2. The molecule has 2 aromatic heterocycles. The van der Waals surface area contributed by atoms with Crippen LogP contribution >= 0.6 is 38.9 Å². The van der Waals surface area contributed by atoms with Crippen molar-refractivity contribution in [2.45, 2.75) is 57.9 Å². The third kappa shape index (κ3) is 6.76. The fourth-order valence-electron chi connectivity index (χ4n) is 2.86. The molecule has 0 aliphatic carbocycles. The number of fused-ring (bicyclic) bond motifs is 1.